The Bertz CT molecular complexity index is 744. The lowest BCUT2D eigenvalue weighted by atomic mass is 9.59. The Morgan fingerprint density at radius 3 is 2.12 bits per heavy atom. The summed E-state index contributed by atoms with van der Waals surface area (Å²) in [5.41, 5.74) is 5.88. The minimum atomic E-state index is 0. The molecular weight excluding hydrogens is 344 g/mol. The molecule has 0 fully saturated rings. The number of fused-ring (bicyclic) bond motifs is 1. The summed E-state index contributed by atoms with van der Waals surface area (Å²) in [7, 11) is 1.89. The number of carbonyl (C=O) groups is 1. The largest absolute Gasteiger partial charge is 0.356 e. The first kappa shape index (κ1) is 18.9. The second kappa shape index (κ2) is 7.81. The van der Waals surface area contributed by atoms with Crippen molar-refractivity contribution < 1.29 is 4.79 Å². The van der Waals surface area contributed by atoms with Gasteiger partial charge in [-0.2, -0.15) is 0 Å². The average molecular weight is 371 g/mol. The van der Waals surface area contributed by atoms with Gasteiger partial charge in [0.15, 0.2) is 0 Å². The molecule has 3 aliphatic carbocycles. The van der Waals surface area contributed by atoms with E-state index in [-0.39, 0.29) is 24.2 Å². The standard InChI is InChI=1S/C22H26N2O.ClH/c1-14(12-23-2)22(25)24-13-15-11-20-16-7-3-5-9-18(16)21(15)19-10-6-4-8-17(19)20;/h3-10,14-15,20-21,23H,11-13H2,1-2H3,(H,24,25);1H. The maximum Gasteiger partial charge on any atom is 0.224 e. The SMILES string of the molecule is CNCC(C)C(=O)NCC1CC2c3ccccc3C1c1ccccc12.Cl. The van der Waals surface area contributed by atoms with E-state index in [1.165, 1.54) is 22.3 Å². The predicted molar refractivity (Wildman–Crippen MR) is 108 cm³/mol. The molecule has 1 amide bonds. The van der Waals surface area contributed by atoms with E-state index in [1.807, 2.05) is 14.0 Å². The van der Waals surface area contributed by atoms with Crippen molar-refractivity contribution in [3.05, 3.63) is 70.8 Å². The van der Waals surface area contributed by atoms with E-state index < -0.39 is 0 Å². The topological polar surface area (TPSA) is 41.1 Å². The van der Waals surface area contributed by atoms with Gasteiger partial charge in [0.1, 0.15) is 0 Å². The fourth-order valence-corrected chi connectivity index (χ4v) is 4.76. The number of hydrogen-bond donors (Lipinski definition) is 2. The van der Waals surface area contributed by atoms with Crippen molar-refractivity contribution in [3.63, 3.8) is 0 Å². The van der Waals surface area contributed by atoms with Crippen LogP contribution in [0.4, 0.5) is 0 Å². The van der Waals surface area contributed by atoms with Gasteiger partial charge in [-0.05, 0) is 41.6 Å². The van der Waals surface area contributed by atoms with Crippen molar-refractivity contribution in [1.29, 1.82) is 0 Å². The molecule has 2 unspecified atom stereocenters. The van der Waals surface area contributed by atoms with E-state index in [2.05, 4.69) is 59.2 Å². The summed E-state index contributed by atoms with van der Waals surface area (Å²) in [6.07, 6.45) is 1.12. The van der Waals surface area contributed by atoms with Crippen LogP contribution in [0.1, 0.15) is 47.4 Å². The number of rotatable bonds is 5. The van der Waals surface area contributed by atoms with Crippen LogP contribution in [0.2, 0.25) is 0 Å². The zero-order valence-electron chi connectivity index (χ0n) is 15.4. The Morgan fingerprint density at radius 1 is 1.04 bits per heavy atom. The number of halogens is 1. The Morgan fingerprint density at radius 2 is 1.58 bits per heavy atom. The van der Waals surface area contributed by atoms with Crippen molar-refractivity contribution in [2.75, 3.05) is 20.1 Å². The summed E-state index contributed by atoms with van der Waals surface area (Å²) < 4.78 is 0. The summed E-state index contributed by atoms with van der Waals surface area (Å²) in [6.45, 7) is 3.45. The van der Waals surface area contributed by atoms with Gasteiger partial charge in [0, 0.05) is 30.8 Å². The second-order valence-electron chi connectivity index (χ2n) is 7.49. The first-order valence-electron chi connectivity index (χ1n) is 9.30. The van der Waals surface area contributed by atoms with E-state index in [9.17, 15) is 4.79 Å². The third-order valence-electron chi connectivity index (χ3n) is 5.92. The lowest BCUT2D eigenvalue weighted by Crippen LogP contribution is -2.42. The number of carbonyl (C=O) groups excluding carboxylic acids is 1. The molecule has 2 aromatic carbocycles. The molecule has 2 N–H and O–H groups in total. The molecule has 2 bridgehead atoms. The molecular formula is C22H27ClN2O. The Labute approximate surface area is 162 Å². The van der Waals surface area contributed by atoms with Crippen LogP contribution in [0.5, 0.6) is 0 Å². The maximum absolute atomic E-state index is 12.3. The second-order valence-corrected chi connectivity index (χ2v) is 7.49. The highest BCUT2D eigenvalue weighted by atomic mass is 35.5. The summed E-state index contributed by atoms with van der Waals surface area (Å²) >= 11 is 0. The lowest BCUT2D eigenvalue weighted by Gasteiger charge is -2.45. The fourth-order valence-electron chi connectivity index (χ4n) is 4.76. The van der Waals surface area contributed by atoms with E-state index >= 15 is 0 Å². The quantitative estimate of drug-likeness (QED) is 0.843. The molecule has 2 atom stereocenters. The van der Waals surface area contributed by atoms with Crippen LogP contribution in [-0.2, 0) is 4.79 Å². The summed E-state index contributed by atoms with van der Waals surface area (Å²) in [4.78, 5) is 12.3. The first-order chi connectivity index (χ1) is 12.2. The van der Waals surface area contributed by atoms with Gasteiger partial charge in [-0.15, -0.1) is 12.4 Å². The predicted octanol–water partition coefficient (Wildman–Crippen LogP) is 3.68. The van der Waals surface area contributed by atoms with Crippen LogP contribution in [0.25, 0.3) is 0 Å². The van der Waals surface area contributed by atoms with Crippen LogP contribution in [-0.4, -0.2) is 26.0 Å². The maximum atomic E-state index is 12.3. The Hall–Kier alpha value is -1.84. The molecule has 0 saturated carbocycles. The summed E-state index contributed by atoms with van der Waals surface area (Å²) in [6, 6.07) is 17.7. The highest BCUT2D eigenvalue weighted by molar-refractivity contribution is 5.85. The van der Waals surface area contributed by atoms with Gasteiger partial charge in [0.25, 0.3) is 0 Å². The monoisotopic (exact) mass is 370 g/mol. The van der Waals surface area contributed by atoms with Crippen LogP contribution in [0.15, 0.2) is 48.5 Å². The van der Waals surface area contributed by atoms with Crippen LogP contribution < -0.4 is 10.6 Å². The van der Waals surface area contributed by atoms with Crippen LogP contribution in [0, 0.1) is 11.8 Å². The van der Waals surface area contributed by atoms with Gasteiger partial charge in [-0.25, -0.2) is 0 Å². The molecule has 0 spiro atoms. The van der Waals surface area contributed by atoms with Gasteiger partial charge in [-0.1, -0.05) is 55.5 Å². The van der Waals surface area contributed by atoms with Crippen molar-refractivity contribution in [2.45, 2.75) is 25.2 Å². The molecule has 3 nitrogen and oxygen atoms in total. The van der Waals surface area contributed by atoms with E-state index in [1.54, 1.807) is 0 Å². The molecule has 0 radical (unpaired) electrons. The lowest BCUT2D eigenvalue weighted by molar-refractivity contribution is -0.124. The van der Waals surface area contributed by atoms with Crippen LogP contribution >= 0.6 is 12.4 Å². The van der Waals surface area contributed by atoms with Crippen molar-refractivity contribution >= 4 is 18.3 Å². The number of nitrogens with one attached hydrogen (secondary N) is 2. The zero-order valence-corrected chi connectivity index (χ0v) is 16.2. The number of benzene rings is 2. The normalized spacial score (nSPS) is 23.4. The van der Waals surface area contributed by atoms with Gasteiger partial charge in [0.05, 0.1) is 0 Å². The molecule has 0 aliphatic heterocycles. The third-order valence-corrected chi connectivity index (χ3v) is 5.92. The fraction of sp³-hybridized carbons (Fsp3) is 0.409. The first-order valence-corrected chi connectivity index (χ1v) is 9.30. The molecule has 2 aromatic rings. The minimum Gasteiger partial charge on any atom is -0.356 e. The molecule has 0 heterocycles. The van der Waals surface area contributed by atoms with Crippen molar-refractivity contribution in [3.8, 4) is 0 Å². The van der Waals surface area contributed by atoms with Gasteiger partial charge < -0.3 is 10.6 Å². The molecule has 138 valence electrons. The molecule has 4 heteroatoms. The third kappa shape index (κ3) is 3.15. The Balaban J connectivity index is 0.00000196. The van der Waals surface area contributed by atoms with E-state index in [0.717, 1.165) is 13.0 Å². The zero-order chi connectivity index (χ0) is 17.4. The van der Waals surface area contributed by atoms with Gasteiger partial charge in [0.2, 0.25) is 5.91 Å². The highest BCUT2D eigenvalue weighted by Gasteiger charge is 2.42. The van der Waals surface area contributed by atoms with E-state index in [4.69, 9.17) is 0 Å². The molecule has 3 aliphatic rings. The minimum absolute atomic E-state index is 0. The van der Waals surface area contributed by atoms with Crippen LogP contribution in [0.3, 0.4) is 0 Å². The molecule has 0 aromatic heterocycles. The van der Waals surface area contributed by atoms with E-state index in [0.29, 0.717) is 24.3 Å². The molecule has 26 heavy (non-hydrogen) atoms. The average Bonchev–Trinajstić information content (AvgIpc) is 2.66. The van der Waals surface area contributed by atoms with Gasteiger partial charge >= 0.3 is 0 Å². The summed E-state index contributed by atoms with van der Waals surface area (Å²) in [5.74, 6) is 1.49. The highest BCUT2D eigenvalue weighted by Crippen LogP contribution is 2.55. The Kier molecular flexibility index (Phi) is 5.69. The smallest absolute Gasteiger partial charge is 0.224 e. The van der Waals surface area contributed by atoms with Gasteiger partial charge in [-0.3, -0.25) is 4.79 Å². The van der Waals surface area contributed by atoms with Crippen molar-refractivity contribution in [1.82, 2.24) is 10.6 Å². The summed E-state index contributed by atoms with van der Waals surface area (Å²) in [5, 5.41) is 6.28. The molecule has 0 saturated heterocycles. The van der Waals surface area contributed by atoms with Crippen molar-refractivity contribution in [2.24, 2.45) is 11.8 Å². The number of hydrogen-bond acceptors (Lipinski definition) is 2. The number of amides is 1. The molecule has 5 rings (SSSR count).